The maximum absolute atomic E-state index is 12.3. The fraction of sp³-hybridized carbons (Fsp3) is 0.261. The third kappa shape index (κ3) is 6.25. The molecule has 0 fully saturated rings. The lowest BCUT2D eigenvalue weighted by Gasteiger charge is -2.11. The third-order valence-electron chi connectivity index (χ3n) is 3.79. The number of rotatable bonds is 6. The number of para-hydroxylation sites is 2. The summed E-state index contributed by atoms with van der Waals surface area (Å²) < 4.78 is 10.9. The van der Waals surface area contributed by atoms with Crippen LogP contribution in [0.25, 0.3) is 0 Å². The standard InChI is InChI=1S/C23H26O3/c1-17(2)13-15-19-9-5-7-11-21(19)25-23(24)26-22-12-8-6-10-20(22)16-14-18(3)4/h5-14H,15-16H2,1-4H3. The molecule has 0 bridgehead atoms. The highest BCUT2D eigenvalue weighted by atomic mass is 16.7. The molecule has 2 rings (SSSR count). The van der Waals surface area contributed by atoms with Crippen LogP contribution in [0.2, 0.25) is 0 Å². The van der Waals surface area contributed by atoms with Gasteiger partial charge >= 0.3 is 6.16 Å². The van der Waals surface area contributed by atoms with E-state index in [4.69, 9.17) is 9.47 Å². The van der Waals surface area contributed by atoms with Gasteiger partial charge in [-0.3, -0.25) is 0 Å². The molecule has 136 valence electrons. The van der Waals surface area contributed by atoms with Crippen LogP contribution in [0.4, 0.5) is 4.79 Å². The number of carbonyl (C=O) groups is 1. The first-order chi connectivity index (χ1) is 12.5. The van der Waals surface area contributed by atoms with Crippen molar-refractivity contribution in [1.82, 2.24) is 0 Å². The van der Waals surface area contributed by atoms with Crippen LogP contribution in [0.3, 0.4) is 0 Å². The van der Waals surface area contributed by atoms with Crippen molar-refractivity contribution in [1.29, 1.82) is 0 Å². The number of ether oxygens (including phenoxy) is 2. The van der Waals surface area contributed by atoms with E-state index in [2.05, 4.69) is 12.2 Å². The molecular weight excluding hydrogens is 324 g/mol. The van der Waals surface area contributed by atoms with Gasteiger partial charge in [0.25, 0.3) is 0 Å². The average Bonchev–Trinajstić information content (AvgIpc) is 2.60. The molecule has 0 radical (unpaired) electrons. The van der Waals surface area contributed by atoms with E-state index in [0.717, 1.165) is 11.1 Å². The van der Waals surface area contributed by atoms with Crippen LogP contribution in [0, 0.1) is 0 Å². The lowest BCUT2D eigenvalue weighted by molar-refractivity contribution is 0.151. The Morgan fingerprint density at radius 3 is 1.50 bits per heavy atom. The van der Waals surface area contributed by atoms with E-state index >= 15 is 0 Å². The molecule has 0 saturated carbocycles. The van der Waals surface area contributed by atoms with E-state index in [1.807, 2.05) is 64.1 Å². The summed E-state index contributed by atoms with van der Waals surface area (Å²) in [5.41, 5.74) is 4.33. The first-order valence-corrected chi connectivity index (χ1v) is 8.78. The Morgan fingerprint density at radius 2 is 1.12 bits per heavy atom. The SMILES string of the molecule is CC(C)=CCc1ccccc1OC(=O)Oc1ccccc1CC=C(C)C. The van der Waals surface area contributed by atoms with E-state index in [1.165, 1.54) is 11.1 Å². The van der Waals surface area contributed by atoms with Gasteiger partial charge in [-0.2, -0.15) is 0 Å². The normalized spacial score (nSPS) is 10.0. The van der Waals surface area contributed by atoms with Gasteiger partial charge in [-0.05, 0) is 63.8 Å². The van der Waals surface area contributed by atoms with Crippen LogP contribution in [-0.2, 0) is 12.8 Å². The zero-order valence-electron chi connectivity index (χ0n) is 15.9. The molecule has 0 aliphatic carbocycles. The minimum atomic E-state index is -0.723. The molecule has 0 heterocycles. The Bertz CT molecular complexity index is 740. The van der Waals surface area contributed by atoms with Gasteiger partial charge in [0.05, 0.1) is 0 Å². The molecule has 0 atom stereocenters. The summed E-state index contributed by atoms with van der Waals surface area (Å²) in [5, 5.41) is 0. The van der Waals surface area contributed by atoms with Crippen molar-refractivity contribution in [3.8, 4) is 11.5 Å². The summed E-state index contributed by atoms with van der Waals surface area (Å²) in [6.45, 7) is 8.17. The average molecular weight is 350 g/mol. The minimum absolute atomic E-state index is 0.525. The van der Waals surface area contributed by atoms with Crippen molar-refractivity contribution < 1.29 is 14.3 Å². The zero-order valence-corrected chi connectivity index (χ0v) is 15.9. The molecule has 0 N–H and O–H groups in total. The van der Waals surface area contributed by atoms with Gasteiger partial charge in [-0.1, -0.05) is 59.7 Å². The number of carbonyl (C=O) groups excluding carboxylic acids is 1. The summed E-state index contributed by atoms with van der Waals surface area (Å²) >= 11 is 0. The summed E-state index contributed by atoms with van der Waals surface area (Å²) in [6, 6.07) is 15.0. The maximum atomic E-state index is 12.3. The molecule has 3 heteroatoms. The van der Waals surface area contributed by atoms with Crippen molar-refractivity contribution >= 4 is 6.16 Å². The van der Waals surface area contributed by atoms with Gasteiger partial charge < -0.3 is 9.47 Å². The van der Waals surface area contributed by atoms with Gasteiger partial charge in [0, 0.05) is 0 Å². The van der Waals surface area contributed by atoms with Crippen LogP contribution in [0.1, 0.15) is 38.8 Å². The maximum Gasteiger partial charge on any atom is 0.519 e. The van der Waals surface area contributed by atoms with Gasteiger partial charge in [0.15, 0.2) is 0 Å². The van der Waals surface area contributed by atoms with Crippen LogP contribution >= 0.6 is 0 Å². The fourth-order valence-corrected chi connectivity index (χ4v) is 2.37. The predicted octanol–water partition coefficient (Wildman–Crippen LogP) is 6.28. The minimum Gasteiger partial charge on any atom is -0.394 e. The van der Waals surface area contributed by atoms with E-state index in [-0.39, 0.29) is 0 Å². The van der Waals surface area contributed by atoms with Crippen molar-refractivity contribution in [2.75, 3.05) is 0 Å². The highest BCUT2D eigenvalue weighted by molar-refractivity contribution is 5.68. The Balaban J connectivity index is 2.11. The molecule has 3 nitrogen and oxygen atoms in total. The van der Waals surface area contributed by atoms with Crippen LogP contribution < -0.4 is 9.47 Å². The van der Waals surface area contributed by atoms with E-state index in [1.54, 1.807) is 12.1 Å². The molecule has 0 amide bonds. The predicted molar refractivity (Wildman–Crippen MR) is 106 cm³/mol. The largest absolute Gasteiger partial charge is 0.519 e. The molecule has 0 aliphatic rings. The van der Waals surface area contributed by atoms with Crippen LogP contribution in [-0.4, -0.2) is 6.16 Å². The molecule has 0 unspecified atom stereocenters. The second kappa shape index (κ2) is 9.62. The quantitative estimate of drug-likeness (QED) is 0.349. The summed E-state index contributed by atoms with van der Waals surface area (Å²) in [4.78, 5) is 12.3. The number of allylic oxidation sites excluding steroid dienone is 4. The summed E-state index contributed by atoms with van der Waals surface area (Å²) in [7, 11) is 0. The van der Waals surface area contributed by atoms with E-state index in [0.29, 0.717) is 24.3 Å². The van der Waals surface area contributed by atoms with Gasteiger partial charge in [0.2, 0.25) is 0 Å². The lowest BCUT2D eigenvalue weighted by Crippen LogP contribution is -2.15. The molecule has 2 aromatic carbocycles. The lowest BCUT2D eigenvalue weighted by atomic mass is 10.1. The van der Waals surface area contributed by atoms with Crippen molar-refractivity contribution in [2.24, 2.45) is 0 Å². The smallest absolute Gasteiger partial charge is 0.394 e. The Kier molecular flexibility index (Phi) is 7.22. The first kappa shape index (κ1) is 19.5. The number of hydrogen-bond donors (Lipinski definition) is 0. The van der Waals surface area contributed by atoms with Crippen molar-refractivity contribution in [2.45, 2.75) is 40.5 Å². The van der Waals surface area contributed by atoms with Gasteiger partial charge in [-0.15, -0.1) is 0 Å². The second-order valence-corrected chi connectivity index (χ2v) is 6.64. The van der Waals surface area contributed by atoms with Gasteiger partial charge in [0.1, 0.15) is 11.5 Å². The molecule has 26 heavy (non-hydrogen) atoms. The highest BCUT2D eigenvalue weighted by Crippen LogP contribution is 2.23. The zero-order chi connectivity index (χ0) is 18.9. The molecule has 0 aromatic heterocycles. The number of benzene rings is 2. The monoisotopic (exact) mass is 350 g/mol. The van der Waals surface area contributed by atoms with Gasteiger partial charge in [-0.25, -0.2) is 4.79 Å². The molecule has 0 spiro atoms. The third-order valence-corrected chi connectivity index (χ3v) is 3.79. The van der Waals surface area contributed by atoms with Crippen molar-refractivity contribution in [3.05, 3.63) is 83.0 Å². The highest BCUT2D eigenvalue weighted by Gasteiger charge is 2.13. The Hall–Kier alpha value is -2.81. The molecule has 0 aliphatic heterocycles. The Morgan fingerprint density at radius 1 is 0.731 bits per heavy atom. The Labute approximate surface area is 156 Å². The topological polar surface area (TPSA) is 35.5 Å². The van der Waals surface area contributed by atoms with Crippen LogP contribution in [0.5, 0.6) is 11.5 Å². The van der Waals surface area contributed by atoms with Crippen LogP contribution in [0.15, 0.2) is 71.8 Å². The summed E-state index contributed by atoms with van der Waals surface area (Å²) in [6.07, 6.45) is 4.90. The molecule has 2 aromatic rings. The molecule has 0 saturated heterocycles. The fourth-order valence-electron chi connectivity index (χ4n) is 2.37. The van der Waals surface area contributed by atoms with E-state index in [9.17, 15) is 4.79 Å². The van der Waals surface area contributed by atoms with Crippen molar-refractivity contribution in [3.63, 3.8) is 0 Å². The van der Waals surface area contributed by atoms with E-state index < -0.39 is 6.16 Å². The second-order valence-electron chi connectivity index (χ2n) is 6.64. The first-order valence-electron chi connectivity index (χ1n) is 8.78. The number of hydrogen-bond acceptors (Lipinski definition) is 3. The molecular formula is C23H26O3. The summed E-state index contributed by atoms with van der Waals surface area (Å²) in [5.74, 6) is 1.05.